The van der Waals surface area contributed by atoms with Crippen molar-refractivity contribution in [3.63, 3.8) is 0 Å². The lowest BCUT2D eigenvalue weighted by Crippen LogP contribution is -2.25. The van der Waals surface area contributed by atoms with Crippen LogP contribution in [0.2, 0.25) is 0 Å². The quantitative estimate of drug-likeness (QED) is 0.811. The fourth-order valence-corrected chi connectivity index (χ4v) is 2.83. The molecule has 21 heavy (non-hydrogen) atoms. The van der Waals surface area contributed by atoms with Gasteiger partial charge in [0.05, 0.1) is 4.90 Å². The zero-order valence-corrected chi connectivity index (χ0v) is 12.2. The van der Waals surface area contributed by atoms with Crippen LogP contribution in [0.5, 0.6) is 0 Å². The zero-order valence-electron chi connectivity index (χ0n) is 11.4. The summed E-state index contributed by atoms with van der Waals surface area (Å²) in [7, 11) is -4.04. The summed E-state index contributed by atoms with van der Waals surface area (Å²) < 4.78 is 35.8. The van der Waals surface area contributed by atoms with Crippen LogP contribution in [0.4, 0.5) is 4.39 Å². The molecule has 0 saturated carbocycles. The summed E-state index contributed by atoms with van der Waals surface area (Å²) in [5.41, 5.74) is 1.25. The van der Waals surface area contributed by atoms with E-state index >= 15 is 0 Å². The van der Waals surface area contributed by atoms with E-state index in [0.29, 0.717) is 6.54 Å². The van der Waals surface area contributed by atoms with Crippen molar-refractivity contribution in [3.8, 4) is 0 Å². The summed E-state index contributed by atoms with van der Waals surface area (Å²) in [6.07, 6.45) is 6.18. The molecule has 0 aliphatic heterocycles. The van der Waals surface area contributed by atoms with Gasteiger partial charge in [0.15, 0.2) is 0 Å². The maximum Gasteiger partial charge on any atom is 0.251 e. The van der Waals surface area contributed by atoms with Gasteiger partial charge in [0, 0.05) is 12.1 Å². The highest BCUT2D eigenvalue weighted by atomic mass is 32.2. The highest BCUT2D eigenvalue weighted by Gasteiger charge is 2.15. The minimum Gasteiger partial charge on any atom is -0.352 e. The Morgan fingerprint density at radius 2 is 2.10 bits per heavy atom. The van der Waals surface area contributed by atoms with Crippen LogP contribution in [0.3, 0.4) is 0 Å². The third kappa shape index (κ3) is 4.37. The second-order valence-corrected chi connectivity index (χ2v) is 6.54. The van der Waals surface area contributed by atoms with E-state index in [1.807, 2.05) is 0 Å². The molecular weight excluding hydrogens is 295 g/mol. The number of allylic oxidation sites excluding steroid dienone is 1. The molecule has 0 fully saturated rings. The first-order valence-electron chi connectivity index (χ1n) is 6.66. The van der Waals surface area contributed by atoms with Gasteiger partial charge in [-0.1, -0.05) is 11.6 Å². The molecule has 0 atom stereocenters. The van der Waals surface area contributed by atoms with Crippen LogP contribution in [-0.2, 0) is 10.0 Å². The van der Waals surface area contributed by atoms with Gasteiger partial charge in [0.1, 0.15) is 5.82 Å². The topological polar surface area (TPSA) is 89.3 Å². The van der Waals surface area contributed by atoms with Gasteiger partial charge in [-0.2, -0.15) is 0 Å². The Kier molecular flexibility index (Phi) is 4.74. The van der Waals surface area contributed by atoms with Gasteiger partial charge in [0.2, 0.25) is 10.0 Å². The number of hydrogen-bond donors (Lipinski definition) is 2. The van der Waals surface area contributed by atoms with Crippen LogP contribution >= 0.6 is 0 Å². The summed E-state index contributed by atoms with van der Waals surface area (Å²) in [6.45, 7) is 0.436. The van der Waals surface area contributed by atoms with Crippen molar-refractivity contribution in [2.45, 2.75) is 30.6 Å². The molecule has 2 rings (SSSR count). The van der Waals surface area contributed by atoms with Crippen molar-refractivity contribution in [1.29, 1.82) is 0 Å². The van der Waals surface area contributed by atoms with Gasteiger partial charge >= 0.3 is 0 Å². The number of sulfonamides is 1. The maximum atomic E-state index is 13.4. The molecule has 0 radical (unpaired) electrons. The molecule has 1 aromatic rings. The summed E-state index contributed by atoms with van der Waals surface area (Å²) in [5, 5.41) is 7.59. The Labute approximate surface area is 123 Å². The average Bonchev–Trinajstić information content (AvgIpc) is 2.90. The fraction of sp³-hybridized carbons (Fsp3) is 0.357. The van der Waals surface area contributed by atoms with E-state index in [4.69, 9.17) is 5.14 Å². The van der Waals surface area contributed by atoms with Gasteiger partial charge in [-0.3, -0.25) is 4.79 Å². The predicted octanol–water partition coefficient (Wildman–Crippen LogP) is 1.70. The second-order valence-electron chi connectivity index (χ2n) is 4.98. The first-order chi connectivity index (χ1) is 9.86. The smallest absolute Gasteiger partial charge is 0.251 e. The lowest BCUT2D eigenvalue weighted by Gasteiger charge is -2.07. The van der Waals surface area contributed by atoms with Crippen LogP contribution in [0.25, 0.3) is 0 Å². The van der Waals surface area contributed by atoms with Gasteiger partial charge in [0.25, 0.3) is 5.91 Å². The number of halogens is 1. The Bertz CT molecular complexity index is 683. The molecule has 1 aliphatic carbocycles. The number of carbonyl (C=O) groups is 1. The largest absolute Gasteiger partial charge is 0.352 e. The van der Waals surface area contributed by atoms with E-state index < -0.39 is 26.6 Å². The molecule has 0 spiro atoms. The van der Waals surface area contributed by atoms with Crippen molar-refractivity contribution in [2.24, 2.45) is 5.14 Å². The monoisotopic (exact) mass is 312 g/mol. The molecule has 0 saturated heterocycles. The lowest BCUT2D eigenvalue weighted by molar-refractivity contribution is 0.0953. The van der Waals surface area contributed by atoms with Gasteiger partial charge in [-0.15, -0.1) is 0 Å². The maximum absolute atomic E-state index is 13.4. The highest BCUT2D eigenvalue weighted by Crippen LogP contribution is 2.20. The number of rotatable bonds is 5. The predicted molar refractivity (Wildman–Crippen MR) is 76.7 cm³/mol. The van der Waals surface area contributed by atoms with Crippen molar-refractivity contribution >= 4 is 15.9 Å². The summed E-state index contributed by atoms with van der Waals surface area (Å²) >= 11 is 0. The number of primary sulfonamides is 1. The Balaban J connectivity index is 2.03. The first kappa shape index (κ1) is 15.7. The van der Waals surface area contributed by atoms with E-state index in [1.54, 1.807) is 0 Å². The number of amides is 1. The fourth-order valence-electron chi connectivity index (χ4n) is 2.26. The third-order valence-corrected chi connectivity index (χ3v) is 4.22. The SMILES string of the molecule is NS(=O)(=O)c1cc(F)cc(C(=O)NCCC2=CCCC2)c1. The van der Waals surface area contributed by atoms with Crippen molar-refractivity contribution in [3.05, 3.63) is 41.2 Å². The van der Waals surface area contributed by atoms with Crippen LogP contribution in [0.1, 0.15) is 36.0 Å². The standard InChI is InChI=1S/C14H17FN2O3S/c15-12-7-11(8-13(9-12)21(16,19)20)14(18)17-6-5-10-3-1-2-4-10/h3,7-9H,1-2,4-6H2,(H,17,18)(H2,16,19,20). The van der Waals surface area contributed by atoms with Crippen LogP contribution < -0.4 is 10.5 Å². The molecule has 0 bridgehead atoms. The molecule has 0 heterocycles. The average molecular weight is 312 g/mol. The third-order valence-electron chi connectivity index (χ3n) is 3.33. The number of nitrogens with one attached hydrogen (secondary N) is 1. The minimum atomic E-state index is -4.04. The Morgan fingerprint density at radius 3 is 2.71 bits per heavy atom. The molecule has 114 valence electrons. The number of hydrogen-bond acceptors (Lipinski definition) is 3. The Morgan fingerprint density at radius 1 is 1.33 bits per heavy atom. The molecule has 3 N–H and O–H groups in total. The summed E-state index contributed by atoms with van der Waals surface area (Å²) in [5.74, 6) is -1.33. The molecule has 5 nitrogen and oxygen atoms in total. The molecule has 1 aliphatic rings. The van der Waals surface area contributed by atoms with Gasteiger partial charge in [-0.05, 0) is 43.9 Å². The number of benzene rings is 1. The van der Waals surface area contributed by atoms with Crippen molar-refractivity contribution in [2.75, 3.05) is 6.54 Å². The second kappa shape index (κ2) is 6.36. The minimum absolute atomic E-state index is 0.0561. The van der Waals surface area contributed by atoms with Gasteiger partial charge in [-0.25, -0.2) is 17.9 Å². The number of carbonyl (C=O) groups excluding carboxylic acids is 1. The van der Waals surface area contributed by atoms with Crippen molar-refractivity contribution in [1.82, 2.24) is 5.32 Å². The summed E-state index contributed by atoms with van der Waals surface area (Å²) in [4.78, 5) is 11.5. The molecule has 7 heteroatoms. The van der Waals surface area contributed by atoms with Crippen LogP contribution in [0.15, 0.2) is 34.7 Å². The zero-order chi connectivity index (χ0) is 15.5. The molecular formula is C14H17FN2O3S. The van der Waals surface area contributed by atoms with E-state index in [0.717, 1.165) is 43.9 Å². The molecule has 1 aromatic carbocycles. The number of nitrogens with two attached hydrogens (primary N) is 1. The van der Waals surface area contributed by atoms with E-state index in [-0.39, 0.29) is 5.56 Å². The van der Waals surface area contributed by atoms with Crippen LogP contribution in [-0.4, -0.2) is 20.9 Å². The van der Waals surface area contributed by atoms with E-state index in [2.05, 4.69) is 11.4 Å². The molecule has 0 aromatic heterocycles. The normalized spacial score (nSPS) is 14.9. The first-order valence-corrected chi connectivity index (χ1v) is 8.20. The molecule has 1 amide bonds. The lowest BCUT2D eigenvalue weighted by atomic mass is 10.1. The molecule has 0 unspecified atom stereocenters. The Hall–Kier alpha value is -1.73. The van der Waals surface area contributed by atoms with Crippen molar-refractivity contribution < 1.29 is 17.6 Å². The van der Waals surface area contributed by atoms with Gasteiger partial charge < -0.3 is 5.32 Å². The highest BCUT2D eigenvalue weighted by molar-refractivity contribution is 7.89. The van der Waals surface area contributed by atoms with E-state index in [1.165, 1.54) is 5.57 Å². The van der Waals surface area contributed by atoms with Crippen LogP contribution in [0, 0.1) is 5.82 Å². The summed E-state index contributed by atoms with van der Waals surface area (Å²) in [6, 6.07) is 2.84. The van der Waals surface area contributed by atoms with E-state index in [9.17, 15) is 17.6 Å².